The zero-order valence-corrected chi connectivity index (χ0v) is 20.4. The highest BCUT2D eigenvalue weighted by molar-refractivity contribution is 14.0. The lowest BCUT2D eigenvalue weighted by atomic mass is 10.1. The molecule has 1 unspecified atom stereocenters. The number of rotatable bonds is 8. The number of fused-ring (bicyclic) bond motifs is 1. The SMILES string of the molecule is CN=C(NCCNC(=O)c1ccc(OC)cc1)NC1CCc2nc(COC)nn2C1.I. The molecule has 1 aromatic carbocycles. The Morgan fingerprint density at radius 2 is 1.97 bits per heavy atom. The minimum Gasteiger partial charge on any atom is -0.497 e. The van der Waals surface area contributed by atoms with E-state index in [0.717, 1.165) is 31.0 Å². The van der Waals surface area contributed by atoms with Crippen LogP contribution < -0.4 is 20.7 Å². The van der Waals surface area contributed by atoms with Crippen LogP contribution in [-0.4, -0.2) is 67.0 Å². The van der Waals surface area contributed by atoms with Crippen molar-refractivity contribution < 1.29 is 14.3 Å². The van der Waals surface area contributed by atoms with Crippen LogP contribution in [0.4, 0.5) is 0 Å². The molecule has 3 N–H and O–H groups in total. The number of aliphatic imine (C=N–C) groups is 1. The molecule has 11 heteroatoms. The van der Waals surface area contributed by atoms with Gasteiger partial charge in [0.1, 0.15) is 18.2 Å². The van der Waals surface area contributed by atoms with Crippen molar-refractivity contribution in [2.24, 2.45) is 4.99 Å². The average molecular weight is 543 g/mol. The molecule has 0 saturated heterocycles. The Morgan fingerprint density at radius 1 is 1.23 bits per heavy atom. The molecule has 1 amide bonds. The van der Waals surface area contributed by atoms with Gasteiger partial charge in [-0.05, 0) is 30.7 Å². The highest BCUT2D eigenvalue weighted by Crippen LogP contribution is 2.13. The van der Waals surface area contributed by atoms with E-state index in [1.165, 1.54) is 0 Å². The Hall–Kier alpha value is -2.41. The van der Waals surface area contributed by atoms with E-state index in [2.05, 4.69) is 31.0 Å². The Morgan fingerprint density at radius 3 is 2.65 bits per heavy atom. The van der Waals surface area contributed by atoms with Gasteiger partial charge >= 0.3 is 0 Å². The van der Waals surface area contributed by atoms with Crippen molar-refractivity contribution in [2.75, 3.05) is 34.4 Å². The Labute approximate surface area is 199 Å². The molecule has 1 aliphatic rings. The minimum absolute atomic E-state index is 0. The molecule has 2 aromatic rings. The molecule has 2 heterocycles. The summed E-state index contributed by atoms with van der Waals surface area (Å²) in [5.74, 6) is 2.99. The van der Waals surface area contributed by atoms with Gasteiger partial charge in [-0.2, -0.15) is 5.10 Å². The third-order valence-electron chi connectivity index (χ3n) is 4.80. The highest BCUT2D eigenvalue weighted by Gasteiger charge is 2.22. The van der Waals surface area contributed by atoms with Gasteiger partial charge in [0.25, 0.3) is 5.91 Å². The number of aryl methyl sites for hydroxylation is 1. The molecule has 170 valence electrons. The molecule has 1 aromatic heterocycles. The fourth-order valence-electron chi connectivity index (χ4n) is 3.26. The maximum atomic E-state index is 12.2. The molecule has 10 nitrogen and oxygen atoms in total. The lowest BCUT2D eigenvalue weighted by molar-refractivity contribution is 0.0954. The third-order valence-corrected chi connectivity index (χ3v) is 4.80. The van der Waals surface area contributed by atoms with Crippen molar-refractivity contribution in [1.29, 1.82) is 0 Å². The first kappa shape index (κ1) is 24.9. The molecule has 1 atom stereocenters. The van der Waals surface area contributed by atoms with Crippen molar-refractivity contribution >= 4 is 35.8 Å². The van der Waals surface area contributed by atoms with Crippen molar-refractivity contribution in [1.82, 2.24) is 30.7 Å². The van der Waals surface area contributed by atoms with Crippen LogP contribution in [0.25, 0.3) is 0 Å². The largest absolute Gasteiger partial charge is 0.497 e. The normalized spacial score (nSPS) is 15.5. The number of carbonyl (C=O) groups excluding carboxylic acids is 1. The summed E-state index contributed by atoms with van der Waals surface area (Å²) in [6.07, 6.45) is 1.79. The lowest BCUT2D eigenvalue weighted by Gasteiger charge is -2.25. The fraction of sp³-hybridized carbons (Fsp3) is 0.500. The standard InChI is InChI=1S/C20H29N7O3.HI/c1-21-20(23-11-10-22-19(28)14-4-7-16(30-3)8-5-14)24-15-6-9-18-25-17(13-29-2)26-27(18)12-15;/h4-5,7-8,15H,6,9-13H2,1-3H3,(H,22,28)(H2,21,23,24);1H. The second-order valence-corrected chi connectivity index (χ2v) is 6.92. The van der Waals surface area contributed by atoms with Crippen LogP contribution in [0.15, 0.2) is 29.3 Å². The van der Waals surface area contributed by atoms with Gasteiger partial charge in [0.15, 0.2) is 11.8 Å². The first-order chi connectivity index (χ1) is 14.6. The number of nitrogens with one attached hydrogen (secondary N) is 3. The number of hydrogen-bond donors (Lipinski definition) is 3. The number of methoxy groups -OCH3 is 2. The number of hydrogen-bond acceptors (Lipinski definition) is 6. The van der Waals surface area contributed by atoms with E-state index >= 15 is 0 Å². The number of benzene rings is 1. The molecule has 31 heavy (non-hydrogen) atoms. The third kappa shape index (κ3) is 7.06. The molecule has 0 bridgehead atoms. The predicted molar refractivity (Wildman–Crippen MR) is 128 cm³/mol. The van der Waals surface area contributed by atoms with E-state index in [9.17, 15) is 4.79 Å². The predicted octanol–water partition coefficient (Wildman–Crippen LogP) is 0.961. The molecule has 0 radical (unpaired) electrons. The van der Waals surface area contributed by atoms with E-state index in [1.807, 2.05) is 4.68 Å². The maximum absolute atomic E-state index is 12.2. The summed E-state index contributed by atoms with van der Waals surface area (Å²) in [6.45, 7) is 2.18. The zero-order valence-electron chi connectivity index (χ0n) is 18.1. The summed E-state index contributed by atoms with van der Waals surface area (Å²) in [4.78, 5) is 21.0. The van der Waals surface area contributed by atoms with Gasteiger partial charge in [0.05, 0.1) is 13.7 Å². The van der Waals surface area contributed by atoms with Crippen molar-refractivity contribution in [3.63, 3.8) is 0 Å². The van der Waals surface area contributed by atoms with Crippen molar-refractivity contribution in [2.45, 2.75) is 32.0 Å². The van der Waals surface area contributed by atoms with Gasteiger partial charge in [-0.15, -0.1) is 24.0 Å². The number of nitrogens with zero attached hydrogens (tertiary/aromatic N) is 4. The summed E-state index contributed by atoms with van der Waals surface area (Å²) >= 11 is 0. The van der Waals surface area contributed by atoms with E-state index in [-0.39, 0.29) is 35.9 Å². The summed E-state index contributed by atoms with van der Waals surface area (Å²) in [5, 5.41) is 14.0. The van der Waals surface area contributed by atoms with Crippen LogP contribution in [-0.2, 0) is 24.3 Å². The monoisotopic (exact) mass is 543 g/mol. The topological polar surface area (TPSA) is 115 Å². The molecule has 0 spiro atoms. The van der Waals surface area contributed by atoms with Gasteiger partial charge in [0, 0.05) is 45.3 Å². The summed E-state index contributed by atoms with van der Waals surface area (Å²) in [7, 11) is 4.96. The second-order valence-electron chi connectivity index (χ2n) is 6.92. The highest BCUT2D eigenvalue weighted by atomic mass is 127. The van der Waals surface area contributed by atoms with Gasteiger partial charge in [0.2, 0.25) is 0 Å². The first-order valence-electron chi connectivity index (χ1n) is 9.94. The summed E-state index contributed by atoms with van der Waals surface area (Å²) < 4.78 is 12.1. The molecular formula is C20H30IN7O3. The van der Waals surface area contributed by atoms with Crippen molar-refractivity contribution in [3.8, 4) is 5.75 Å². The van der Waals surface area contributed by atoms with E-state index in [0.29, 0.717) is 37.0 Å². The fourth-order valence-corrected chi connectivity index (χ4v) is 3.26. The molecule has 1 aliphatic heterocycles. The van der Waals surface area contributed by atoms with Crippen LogP contribution in [0.3, 0.4) is 0 Å². The number of ether oxygens (including phenoxy) is 2. The molecule has 0 saturated carbocycles. The molecular weight excluding hydrogens is 513 g/mol. The summed E-state index contributed by atoms with van der Waals surface area (Å²) in [5.41, 5.74) is 0.594. The first-order valence-corrected chi connectivity index (χ1v) is 9.94. The van der Waals surface area contributed by atoms with E-state index in [1.54, 1.807) is 45.5 Å². The number of amides is 1. The maximum Gasteiger partial charge on any atom is 0.251 e. The Kier molecular flexibility index (Phi) is 9.98. The van der Waals surface area contributed by atoms with Gasteiger partial charge < -0.3 is 25.4 Å². The van der Waals surface area contributed by atoms with Crippen molar-refractivity contribution in [3.05, 3.63) is 41.5 Å². The average Bonchev–Trinajstić information content (AvgIpc) is 3.17. The van der Waals surface area contributed by atoms with E-state index < -0.39 is 0 Å². The number of guanidine groups is 1. The number of halogens is 1. The molecule has 0 fully saturated rings. The minimum atomic E-state index is -0.125. The van der Waals surface area contributed by atoms with Crippen LogP contribution in [0, 0.1) is 0 Å². The van der Waals surface area contributed by atoms with E-state index in [4.69, 9.17) is 9.47 Å². The van der Waals surface area contributed by atoms with Crippen LogP contribution >= 0.6 is 24.0 Å². The Bertz CT molecular complexity index is 870. The van der Waals surface area contributed by atoms with Crippen LogP contribution in [0.2, 0.25) is 0 Å². The summed E-state index contributed by atoms with van der Waals surface area (Å²) in [6, 6.07) is 7.21. The van der Waals surface area contributed by atoms with Gasteiger partial charge in [-0.25, -0.2) is 9.67 Å². The van der Waals surface area contributed by atoms with Gasteiger partial charge in [-0.1, -0.05) is 0 Å². The molecule has 0 aliphatic carbocycles. The number of carbonyl (C=O) groups is 1. The number of aromatic nitrogens is 3. The second kappa shape index (κ2) is 12.4. The smallest absolute Gasteiger partial charge is 0.251 e. The molecule has 3 rings (SSSR count). The quantitative estimate of drug-likeness (QED) is 0.197. The van der Waals surface area contributed by atoms with Crippen LogP contribution in [0.5, 0.6) is 5.75 Å². The van der Waals surface area contributed by atoms with Gasteiger partial charge in [-0.3, -0.25) is 9.79 Å². The van der Waals surface area contributed by atoms with Crippen LogP contribution in [0.1, 0.15) is 28.4 Å². The zero-order chi connectivity index (χ0) is 21.3. The lowest BCUT2D eigenvalue weighted by Crippen LogP contribution is -2.48. The Balaban J connectivity index is 0.00000341.